The molecule has 1 fully saturated rings. The first-order valence-electron chi connectivity index (χ1n) is 6.91. The summed E-state index contributed by atoms with van der Waals surface area (Å²) < 4.78 is 24.0. The highest BCUT2D eigenvalue weighted by atomic mass is 32.2. The number of sulfone groups is 1. The first-order valence-corrected chi connectivity index (χ1v) is 8.63. The van der Waals surface area contributed by atoms with Crippen molar-refractivity contribution in [3.8, 4) is 0 Å². The van der Waals surface area contributed by atoms with Crippen molar-refractivity contribution >= 4 is 9.84 Å². The van der Waals surface area contributed by atoms with Crippen LogP contribution in [0.2, 0.25) is 0 Å². The maximum absolute atomic E-state index is 12.0. The van der Waals surface area contributed by atoms with Crippen LogP contribution in [-0.2, 0) is 9.84 Å². The normalized spacial score (nSPS) is 24.3. The Morgan fingerprint density at radius 2 is 1.68 bits per heavy atom. The quantitative estimate of drug-likeness (QED) is 0.927. The zero-order chi connectivity index (χ0) is 14.0. The first kappa shape index (κ1) is 14.5. The third-order valence-electron chi connectivity index (χ3n) is 3.93. The summed E-state index contributed by atoms with van der Waals surface area (Å²) >= 11 is 0. The second-order valence-corrected chi connectivity index (χ2v) is 8.01. The number of benzene rings is 1. The SMILES string of the molecule is CC(C)c1ccc(C(O)C2CCCCS2(=O)=O)cc1. The highest BCUT2D eigenvalue weighted by Gasteiger charge is 2.35. The minimum atomic E-state index is -3.15. The van der Waals surface area contributed by atoms with Gasteiger partial charge in [-0.1, -0.05) is 44.5 Å². The fraction of sp³-hybridized carbons (Fsp3) is 0.600. The molecule has 1 aliphatic heterocycles. The Labute approximate surface area is 115 Å². The van der Waals surface area contributed by atoms with Gasteiger partial charge < -0.3 is 5.11 Å². The van der Waals surface area contributed by atoms with Gasteiger partial charge >= 0.3 is 0 Å². The van der Waals surface area contributed by atoms with Gasteiger partial charge in [-0.2, -0.15) is 0 Å². The lowest BCUT2D eigenvalue weighted by Gasteiger charge is -2.27. The van der Waals surface area contributed by atoms with Crippen molar-refractivity contribution in [1.29, 1.82) is 0 Å². The molecule has 1 aromatic rings. The van der Waals surface area contributed by atoms with E-state index in [4.69, 9.17) is 0 Å². The van der Waals surface area contributed by atoms with Crippen LogP contribution >= 0.6 is 0 Å². The van der Waals surface area contributed by atoms with Gasteiger partial charge in [-0.15, -0.1) is 0 Å². The Bertz CT molecular complexity index is 517. The Balaban J connectivity index is 2.21. The third kappa shape index (κ3) is 3.18. The molecule has 106 valence electrons. The molecule has 2 atom stereocenters. The Hall–Kier alpha value is -0.870. The number of aliphatic hydroxyl groups excluding tert-OH is 1. The molecule has 0 aromatic heterocycles. The van der Waals surface area contributed by atoms with Crippen molar-refractivity contribution in [3.05, 3.63) is 35.4 Å². The van der Waals surface area contributed by atoms with Gasteiger partial charge in [0.15, 0.2) is 9.84 Å². The van der Waals surface area contributed by atoms with E-state index in [0.717, 1.165) is 12.8 Å². The molecule has 0 spiro atoms. The van der Waals surface area contributed by atoms with Crippen molar-refractivity contribution in [2.24, 2.45) is 0 Å². The molecule has 1 aliphatic rings. The topological polar surface area (TPSA) is 54.4 Å². The van der Waals surface area contributed by atoms with Crippen LogP contribution in [0.15, 0.2) is 24.3 Å². The van der Waals surface area contributed by atoms with E-state index in [2.05, 4.69) is 13.8 Å². The molecule has 0 radical (unpaired) electrons. The average molecular weight is 282 g/mol. The van der Waals surface area contributed by atoms with E-state index < -0.39 is 21.2 Å². The monoisotopic (exact) mass is 282 g/mol. The highest BCUT2D eigenvalue weighted by molar-refractivity contribution is 7.92. The van der Waals surface area contributed by atoms with Gasteiger partial charge in [0.25, 0.3) is 0 Å². The molecule has 0 bridgehead atoms. The molecule has 1 N–H and O–H groups in total. The smallest absolute Gasteiger partial charge is 0.156 e. The minimum absolute atomic E-state index is 0.207. The second-order valence-electron chi connectivity index (χ2n) is 5.67. The molecule has 0 saturated carbocycles. The number of aliphatic hydroxyl groups is 1. The van der Waals surface area contributed by atoms with Crippen molar-refractivity contribution in [1.82, 2.24) is 0 Å². The lowest BCUT2D eigenvalue weighted by atomic mass is 9.97. The number of hydrogen-bond donors (Lipinski definition) is 1. The Morgan fingerprint density at radius 3 is 2.21 bits per heavy atom. The molecule has 1 saturated heterocycles. The molecule has 1 aromatic carbocycles. The van der Waals surface area contributed by atoms with Crippen molar-refractivity contribution in [3.63, 3.8) is 0 Å². The summed E-state index contributed by atoms with van der Waals surface area (Å²) in [6.45, 7) is 4.22. The summed E-state index contributed by atoms with van der Waals surface area (Å²) in [6, 6.07) is 7.64. The molecule has 4 heteroatoms. The summed E-state index contributed by atoms with van der Waals surface area (Å²) in [5.74, 6) is 0.642. The summed E-state index contributed by atoms with van der Waals surface area (Å²) in [5.41, 5.74) is 1.90. The first-order chi connectivity index (χ1) is 8.92. The van der Waals surface area contributed by atoms with E-state index in [1.807, 2.05) is 24.3 Å². The van der Waals surface area contributed by atoms with Gasteiger partial charge in [0.2, 0.25) is 0 Å². The standard InChI is InChI=1S/C15H22O3S/c1-11(2)12-6-8-13(9-7-12)15(16)14-5-3-4-10-19(14,17)18/h6-9,11,14-16H,3-5,10H2,1-2H3. The van der Waals surface area contributed by atoms with Crippen molar-refractivity contribution < 1.29 is 13.5 Å². The minimum Gasteiger partial charge on any atom is -0.387 e. The molecular weight excluding hydrogens is 260 g/mol. The molecule has 1 heterocycles. The van der Waals surface area contributed by atoms with Crippen molar-refractivity contribution in [2.45, 2.75) is 50.4 Å². The van der Waals surface area contributed by atoms with Crippen LogP contribution in [0.25, 0.3) is 0 Å². The van der Waals surface area contributed by atoms with Gasteiger partial charge in [0.1, 0.15) is 0 Å². The predicted molar refractivity (Wildman–Crippen MR) is 76.9 cm³/mol. The maximum atomic E-state index is 12.0. The van der Waals surface area contributed by atoms with Crippen LogP contribution in [0, 0.1) is 0 Å². The zero-order valence-corrected chi connectivity index (χ0v) is 12.4. The van der Waals surface area contributed by atoms with E-state index >= 15 is 0 Å². The van der Waals surface area contributed by atoms with Crippen LogP contribution in [0.4, 0.5) is 0 Å². The largest absolute Gasteiger partial charge is 0.387 e. The van der Waals surface area contributed by atoms with Crippen LogP contribution in [0.3, 0.4) is 0 Å². The number of rotatable bonds is 3. The van der Waals surface area contributed by atoms with Gasteiger partial charge in [-0.05, 0) is 29.9 Å². The molecule has 0 aliphatic carbocycles. The maximum Gasteiger partial charge on any atom is 0.156 e. The van der Waals surface area contributed by atoms with E-state index in [1.165, 1.54) is 5.56 Å². The van der Waals surface area contributed by atoms with E-state index in [0.29, 0.717) is 17.9 Å². The molecule has 3 nitrogen and oxygen atoms in total. The van der Waals surface area contributed by atoms with Gasteiger partial charge in [0, 0.05) is 0 Å². The Morgan fingerprint density at radius 1 is 1.11 bits per heavy atom. The summed E-state index contributed by atoms with van der Waals surface area (Å²) in [7, 11) is -3.15. The summed E-state index contributed by atoms with van der Waals surface area (Å²) in [5, 5.41) is 9.70. The molecule has 2 unspecified atom stereocenters. The summed E-state index contributed by atoms with van der Waals surface area (Å²) in [4.78, 5) is 0. The Kier molecular flexibility index (Phi) is 4.31. The summed E-state index contributed by atoms with van der Waals surface area (Å²) in [6.07, 6.45) is 1.27. The third-order valence-corrected chi connectivity index (χ3v) is 6.20. The fourth-order valence-corrected chi connectivity index (χ4v) is 4.61. The lowest BCUT2D eigenvalue weighted by Crippen LogP contribution is -2.33. The molecule has 19 heavy (non-hydrogen) atoms. The fourth-order valence-electron chi connectivity index (χ4n) is 2.63. The van der Waals surface area contributed by atoms with Gasteiger partial charge in [-0.3, -0.25) is 0 Å². The van der Waals surface area contributed by atoms with E-state index in [-0.39, 0.29) is 5.75 Å². The zero-order valence-electron chi connectivity index (χ0n) is 11.5. The van der Waals surface area contributed by atoms with Gasteiger partial charge in [0.05, 0.1) is 17.1 Å². The predicted octanol–water partition coefficient (Wildman–Crippen LogP) is 2.81. The second kappa shape index (κ2) is 5.63. The molecule has 0 amide bonds. The van der Waals surface area contributed by atoms with Crippen LogP contribution < -0.4 is 0 Å². The number of hydrogen-bond acceptors (Lipinski definition) is 3. The van der Waals surface area contributed by atoms with E-state index in [1.54, 1.807) is 0 Å². The highest BCUT2D eigenvalue weighted by Crippen LogP contribution is 2.31. The molecular formula is C15H22O3S. The van der Waals surface area contributed by atoms with E-state index in [9.17, 15) is 13.5 Å². The van der Waals surface area contributed by atoms with Crippen LogP contribution in [0.1, 0.15) is 56.3 Å². The van der Waals surface area contributed by atoms with Crippen LogP contribution in [0.5, 0.6) is 0 Å². The average Bonchev–Trinajstić information content (AvgIpc) is 2.37. The van der Waals surface area contributed by atoms with Crippen LogP contribution in [-0.4, -0.2) is 24.5 Å². The molecule has 2 rings (SSSR count). The van der Waals surface area contributed by atoms with Crippen molar-refractivity contribution in [2.75, 3.05) is 5.75 Å². The lowest BCUT2D eigenvalue weighted by molar-refractivity contribution is 0.164. The van der Waals surface area contributed by atoms with Gasteiger partial charge in [-0.25, -0.2) is 8.42 Å².